The minimum absolute atomic E-state index is 0.847. The van der Waals surface area contributed by atoms with Gasteiger partial charge in [-0.25, -0.2) is 4.98 Å². The van der Waals surface area contributed by atoms with Gasteiger partial charge in [-0.05, 0) is 53.1 Å². The molecule has 2 heterocycles. The quantitative estimate of drug-likeness (QED) is 0.229. The fourth-order valence-corrected chi connectivity index (χ4v) is 5.87. The Morgan fingerprint density at radius 1 is 0.548 bits per heavy atom. The van der Waals surface area contributed by atoms with Gasteiger partial charge in [0.2, 0.25) is 0 Å². The van der Waals surface area contributed by atoms with Gasteiger partial charge in [-0.1, -0.05) is 103 Å². The van der Waals surface area contributed by atoms with Gasteiger partial charge in [-0.2, -0.15) is 0 Å². The summed E-state index contributed by atoms with van der Waals surface area (Å²) in [6.07, 6.45) is 1.89. The first-order chi connectivity index (χ1) is 20.8. The number of hydrogen-bond acceptors (Lipinski definition) is 3. The summed E-state index contributed by atoms with van der Waals surface area (Å²) >= 11 is 0. The maximum Gasteiger partial charge on any atom is 0.0914 e. The summed E-state index contributed by atoms with van der Waals surface area (Å²) in [6, 6.07) is 48.3. The second kappa shape index (κ2) is 10.0. The van der Waals surface area contributed by atoms with Gasteiger partial charge < -0.3 is 10.3 Å². The maximum atomic E-state index is 5.05. The van der Waals surface area contributed by atoms with Gasteiger partial charge in [0.25, 0.3) is 0 Å². The van der Waals surface area contributed by atoms with Crippen molar-refractivity contribution in [3.05, 3.63) is 146 Å². The first-order valence-electron chi connectivity index (χ1n) is 14.1. The van der Waals surface area contributed by atoms with E-state index in [2.05, 4.69) is 126 Å². The molecule has 2 N–H and O–H groups in total. The van der Waals surface area contributed by atoms with E-state index in [4.69, 9.17) is 9.97 Å². The monoisotopic (exact) mass is 538 g/mol. The zero-order valence-corrected chi connectivity index (χ0v) is 22.8. The predicted molar refractivity (Wildman–Crippen MR) is 175 cm³/mol. The number of nitrogens with one attached hydrogen (secondary N) is 2. The van der Waals surface area contributed by atoms with Crippen LogP contribution in [0.25, 0.3) is 66.4 Å². The minimum atomic E-state index is 0.847. The number of H-pyrrole nitrogens is 1. The van der Waals surface area contributed by atoms with Crippen LogP contribution in [0.15, 0.2) is 146 Å². The molecule has 0 bridgehead atoms. The fraction of sp³-hybridized carbons (Fsp3) is 0. The van der Waals surface area contributed by atoms with E-state index in [1.54, 1.807) is 0 Å². The Hall–Kier alpha value is -5.74. The molecule has 0 aliphatic carbocycles. The lowest BCUT2D eigenvalue weighted by Crippen LogP contribution is -1.93. The summed E-state index contributed by atoms with van der Waals surface area (Å²) in [7, 11) is 0. The van der Waals surface area contributed by atoms with Crippen molar-refractivity contribution in [1.82, 2.24) is 15.0 Å². The second-order valence-corrected chi connectivity index (χ2v) is 10.4. The average molecular weight is 539 g/mol. The van der Waals surface area contributed by atoms with Crippen LogP contribution in [0.2, 0.25) is 0 Å². The molecule has 0 saturated carbocycles. The van der Waals surface area contributed by atoms with Crippen molar-refractivity contribution in [1.29, 1.82) is 0 Å². The molecule has 0 unspecified atom stereocenters. The zero-order valence-electron chi connectivity index (χ0n) is 22.8. The number of nitrogens with zero attached hydrogens (tertiary/aromatic N) is 2. The Morgan fingerprint density at radius 2 is 1.29 bits per heavy atom. The van der Waals surface area contributed by atoms with Crippen molar-refractivity contribution in [2.75, 3.05) is 5.32 Å². The third kappa shape index (κ3) is 4.18. The maximum absolute atomic E-state index is 5.05. The molecule has 0 atom stereocenters. The van der Waals surface area contributed by atoms with Crippen molar-refractivity contribution in [3.8, 4) is 33.5 Å². The van der Waals surface area contributed by atoms with Gasteiger partial charge in [0.1, 0.15) is 0 Å². The van der Waals surface area contributed by atoms with E-state index in [0.717, 1.165) is 61.2 Å². The molecule has 198 valence electrons. The summed E-state index contributed by atoms with van der Waals surface area (Å²) in [5.41, 5.74) is 12.5. The lowest BCUT2D eigenvalue weighted by Gasteiger charge is -2.13. The zero-order chi connectivity index (χ0) is 27.9. The van der Waals surface area contributed by atoms with E-state index in [0.29, 0.717) is 0 Å². The van der Waals surface area contributed by atoms with Gasteiger partial charge in [0.05, 0.1) is 28.4 Å². The number of fused-ring (bicyclic) bond motifs is 4. The summed E-state index contributed by atoms with van der Waals surface area (Å²) < 4.78 is 0. The Kier molecular flexibility index (Phi) is 5.75. The highest BCUT2D eigenvalue weighted by atomic mass is 14.9. The molecule has 2 aromatic heterocycles. The van der Waals surface area contributed by atoms with Crippen molar-refractivity contribution < 1.29 is 0 Å². The first-order valence-corrected chi connectivity index (χ1v) is 14.1. The van der Waals surface area contributed by atoms with Gasteiger partial charge >= 0.3 is 0 Å². The highest BCUT2D eigenvalue weighted by Crippen LogP contribution is 2.40. The van der Waals surface area contributed by atoms with Gasteiger partial charge in [-0.15, -0.1) is 0 Å². The first kappa shape index (κ1) is 24.1. The van der Waals surface area contributed by atoms with Crippen LogP contribution in [0.5, 0.6) is 0 Å². The molecule has 8 aromatic rings. The Balaban J connectivity index is 1.25. The van der Waals surface area contributed by atoms with E-state index in [9.17, 15) is 0 Å². The molecule has 0 radical (unpaired) electrons. The normalized spacial score (nSPS) is 11.3. The largest absolute Gasteiger partial charge is 0.355 e. The standard InChI is InChI=1S/C38H26N4/c1-3-11-25(12-4-1)26-21-22-33-35(23-26)39-24-36(41-33)30-17-9-18-31-37-29(16-10-20-34(37)42-38(30)31)28-15-7-8-19-32(28)40-27-13-5-2-6-14-27/h1-24,40,42H. The van der Waals surface area contributed by atoms with Gasteiger partial charge in [0, 0.05) is 38.8 Å². The number of para-hydroxylation sites is 3. The predicted octanol–water partition coefficient (Wildman–Crippen LogP) is 10.0. The van der Waals surface area contributed by atoms with Crippen LogP contribution in [0.4, 0.5) is 11.4 Å². The lowest BCUT2D eigenvalue weighted by atomic mass is 9.97. The van der Waals surface area contributed by atoms with Crippen LogP contribution < -0.4 is 5.32 Å². The van der Waals surface area contributed by atoms with E-state index in [-0.39, 0.29) is 0 Å². The van der Waals surface area contributed by atoms with Crippen molar-refractivity contribution in [2.45, 2.75) is 0 Å². The Bertz CT molecular complexity index is 2220. The number of hydrogen-bond donors (Lipinski definition) is 2. The molecule has 0 aliphatic heterocycles. The van der Waals surface area contributed by atoms with E-state index < -0.39 is 0 Å². The topological polar surface area (TPSA) is 53.6 Å². The Labute approximate surface area is 243 Å². The molecule has 0 amide bonds. The molecule has 6 aromatic carbocycles. The summed E-state index contributed by atoms with van der Waals surface area (Å²) in [6.45, 7) is 0. The summed E-state index contributed by atoms with van der Waals surface area (Å²) in [5, 5.41) is 5.97. The lowest BCUT2D eigenvalue weighted by molar-refractivity contribution is 1.29. The molecule has 0 fully saturated rings. The summed E-state index contributed by atoms with van der Waals surface area (Å²) in [5.74, 6) is 0. The third-order valence-corrected chi connectivity index (χ3v) is 7.85. The fourth-order valence-electron chi connectivity index (χ4n) is 5.87. The van der Waals surface area contributed by atoms with Crippen LogP contribution >= 0.6 is 0 Å². The van der Waals surface area contributed by atoms with Gasteiger partial charge in [-0.3, -0.25) is 4.98 Å². The number of rotatable bonds is 5. The average Bonchev–Trinajstić information content (AvgIpc) is 3.45. The van der Waals surface area contributed by atoms with Crippen LogP contribution in [-0.2, 0) is 0 Å². The highest BCUT2D eigenvalue weighted by molar-refractivity contribution is 6.18. The molecular weight excluding hydrogens is 512 g/mol. The summed E-state index contributed by atoms with van der Waals surface area (Å²) in [4.78, 5) is 13.6. The van der Waals surface area contributed by atoms with Gasteiger partial charge in [0.15, 0.2) is 0 Å². The SMILES string of the molecule is c1ccc(Nc2ccccc2-c2cccc3[nH]c4c(-c5cnc6cc(-c7ccccc7)ccc6n5)cccc4c23)cc1. The van der Waals surface area contributed by atoms with Crippen LogP contribution in [0.1, 0.15) is 0 Å². The highest BCUT2D eigenvalue weighted by Gasteiger charge is 2.16. The van der Waals surface area contributed by atoms with Crippen molar-refractivity contribution >= 4 is 44.2 Å². The van der Waals surface area contributed by atoms with Crippen LogP contribution in [-0.4, -0.2) is 15.0 Å². The smallest absolute Gasteiger partial charge is 0.0914 e. The van der Waals surface area contributed by atoms with E-state index >= 15 is 0 Å². The molecule has 4 nitrogen and oxygen atoms in total. The van der Waals surface area contributed by atoms with Crippen molar-refractivity contribution in [3.63, 3.8) is 0 Å². The molecule has 42 heavy (non-hydrogen) atoms. The molecular formula is C38H26N4. The van der Waals surface area contributed by atoms with E-state index in [1.165, 1.54) is 16.5 Å². The molecule has 4 heteroatoms. The molecule has 0 spiro atoms. The number of anilines is 2. The number of aromatic amines is 1. The Morgan fingerprint density at radius 3 is 2.17 bits per heavy atom. The number of benzene rings is 6. The minimum Gasteiger partial charge on any atom is -0.355 e. The third-order valence-electron chi connectivity index (χ3n) is 7.85. The molecule has 0 saturated heterocycles. The van der Waals surface area contributed by atoms with Crippen LogP contribution in [0, 0.1) is 0 Å². The van der Waals surface area contributed by atoms with Crippen LogP contribution in [0.3, 0.4) is 0 Å². The van der Waals surface area contributed by atoms with E-state index in [1.807, 2.05) is 30.5 Å². The number of aromatic nitrogens is 3. The molecule has 8 rings (SSSR count). The van der Waals surface area contributed by atoms with Crippen molar-refractivity contribution in [2.24, 2.45) is 0 Å². The molecule has 0 aliphatic rings. The second-order valence-electron chi connectivity index (χ2n) is 10.4.